The molecule has 1 heterocycles. The lowest BCUT2D eigenvalue weighted by atomic mass is 9.95. The maximum Gasteiger partial charge on any atom is 0.294 e. The SMILES string of the molecule is CN(c1nc(Nc2ccc(N=Nc3ccc(N=Nc4ccccc4)c4ccccc34)cc2)nc(Nc2ccc(N=Nc3ccc(N=Nc4ccc(S(=O)(=O)O)cc4)c4cc(S(=O)(=O)O)ccc34)cc2)n1)C1CCCCC1. The van der Waals surface area contributed by atoms with Crippen molar-refractivity contribution in [1.29, 1.82) is 0 Å². The summed E-state index contributed by atoms with van der Waals surface area (Å²) in [5.41, 5.74) is 5.59. The second-order valence-electron chi connectivity index (χ2n) is 17.6. The fourth-order valence-electron chi connectivity index (χ4n) is 8.45. The smallest absolute Gasteiger partial charge is 0.294 e. The van der Waals surface area contributed by atoms with Crippen LogP contribution in [0.4, 0.5) is 74.7 Å². The summed E-state index contributed by atoms with van der Waals surface area (Å²) in [4.78, 5) is 15.9. The quantitative estimate of drug-likeness (QED) is 0.0519. The van der Waals surface area contributed by atoms with Gasteiger partial charge in [0.2, 0.25) is 17.8 Å². The van der Waals surface area contributed by atoms with Gasteiger partial charge in [-0.3, -0.25) is 9.11 Å². The molecule has 0 atom stereocenters. The summed E-state index contributed by atoms with van der Waals surface area (Å²) in [6.07, 6.45) is 5.54. The summed E-state index contributed by atoms with van der Waals surface area (Å²) in [5.74, 6) is 1.17. The van der Waals surface area contributed by atoms with Crippen molar-refractivity contribution in [2.24, 2.45) is 40.9 Å². The zero-order chi connectivity index (χ0) is 52.7. The highest BCUT2D eigenvalue weighted by atomic mass is 32.2. The Kier molecular flexibility index (Phi) is 14.7. The fourth-order valence-corrected chi connectivity index (χ4v) is 9.43. The number of anilines is 5. The topological polar surface area (TPSA) is 274 Å². The van der Waals surface area contributed by atoms with Crippen molar-refractivity contribution in [3.63, 3.8) is 0 Å². The lowest BCUT2D eigenvalue weighted by molar-refractivity contribution is 0.424. The summed E-state index contributed by atoms with van der Waals surface area (Å²) in [6.45, 7) is 0. The molecule has 380 valence electrons. The normalized spacial score (nSPS) is 13.7. The molecular formula is C54H46N14O6S2. The highest BCUT2D eigenvalue weighted by Gasteiger charge is 2.22. The molecule has 0 radical (unpaired) electrons. The maximum atomic E-state index is 12.1. The number of hydrogen-bond donors (Lipinski definition) is 4. The van der Waals surface area contributed by atoms with Gasteiger partial charge in [-0.05, 0) is 134 Å². The Morgan fingerprint density at radius 2 is 0.829 bits per heavy atom. The minimum Gasteiger partial charge on any atom is -0.341 e. The molecule has 1 fully saturated rings. The summed E-state index contributed by atoms with van der Waals surface area (Å²) < 4.78 is 66.3. The summed E-state index contributed by atoms with van der Waals surface area (Å²) in [5, 5.41) is 44.6. The van der Waals surface area contributed by atoms with E-state index in [0.29, 0.717) is 57.1 Å². The number of benzene rings is 8. The minimum atomic E-state index is -4.58. The Morgan fingerprint density at radius 3 is 1.29 bits per heavy atom. The van der Waals surface area contributed by atoms with E-state index < -0.39 is 20.2 Å². The number of rotatable bonds is 16. The molecule has 8 aromatic carbocycles. The van der Waals surface area contributed by atoms with Gasteiger partial charge in [-0.15, -0.1) is 20.5 Å². The molecule has 20 nitrogen and oxygen atoms in total. The van der Waals surface area contributed by atoms with Crippen molar-refractivity contribution < 1.29 is 25.9 Å². The van der Waals surface area contributed by atoms with Crippen molar-refractivity contribution in [3.8, 4) is 0 Å². The number of aromatic nitrogens is 3. The first-order valence-electron chi connectivity index (χ1n) is 23.9. The molecular weight excluding hydrogens is 1000 g/mol. The van der Waals surface area contributed by atoms with Gasteiger partial charge in [0.25, 0.3) is 20.2 Å². The van der Waals surface area contributed by atoms with Crippen LogP contribution in [0.1, 0.15) is 32.1 Å². The number of nitrogens with one attached hydrogen (secondary N) is 2. The third-order valence-corrected chi connectivity index (χ3v) is 14.1. The van der Waals surface area contributed by atoms with Crippen LogP contribution in [-0.4, -0.2) is 54.0 Å². The largest absolute Gasteiger partial charge is 0.341 e. The van der Waals surface area contributed by atoms with Crippen LogP contribution in [0.15, 0.2) is 221 Å². The van der Waals surface area contributed by atoms with E-state index in [4.69, 9.17) is 15.0 Å². The minimum absolute atomic E-state index is 0.228. The number of azo groups is 4. The van der Waals surface area contributed by atoms with Crippen LogP contribution in [0.3, 0.4) is 0 Å². The summed E-state index contributed by atoms with van der Waals surface area (Å²) >= 11 is 0. The van der Waals surface area contributed by atoms with Crippen molar-refractivity contribution in [3.05, 3.63) is 170 Å². The molecule has 0 spiro atoms. The number of nitrogens with zero attached hydrogens (tertiary/aromatic N) is 12. The van der Waals surface area contributed by atoms with Crippen LogP contribution in [-0.2, 0) is 20.2 Å². The van der Waals surface area contributed by atoms with Crippen LogP contribution >= 0.6 is 0 Å². The predicted molar refractivity (Wildman–Crippen MR) is 292 cm³/mol. The lowest BCUT2D eigenvalue weighted by Gasteiger charge is -2.31. The monoisotopic (exact) mass is 1050 g/mol. The molecule has 1 aromatic heterocycles. The Hall–Kier alpha value is -9.09. The molecule has 10 rings (SSSR count). The Morgan fingerprint density at radius 1 is 0.434 bits per heavy atom. The zero-order valence-corrected chi connectivity index (χ0v) is 42.1. The average Bonchev–Trinajstić information content (AvgIpc) is 3.45. The van der Waals surface area contributed by atoms with Gasteiger partial charge in [-0.2, -0.15) is 52.2 Å². The van der Waals surface area contributed by atoms with E-state index in [2.05, 4.69) is 56.4 Å². The second kappa shape index (κ2) is 22.2. The number of fused-ring (bicyclic) bond motifs is 2. The number of hydrogen-bond acceptors (Lipinski definition) is 18. The van der Waals surface area contributed by atoms with Crippen molar-refractivity contribution >= 4 is 117 Å². The second-order valence-corrected chi connectivity index (χ2v) is 20.4. The van der Waals surface area contributed by atoms with Crippen molar-refractivity contribution in [2.75, 3.05) is 22.6 Å². The van der Waals surface area contributed by atoms with Crippen LogP contribution in [0, 0.1) is 0 Å². The van der Waals surface area contributed by atoms with Gasteiger partial charge in [-0.1, -0.05) is 67.8 Å². The van der Waals surface area contributed by atoms with Gasteiger partial charge in [0.15, 0.2) is 0 Å². The Labute approximate surface area is 436 Å². The first-order chi connectivity index (χ1) is 36.8. The third-order valence-electron chi connectivity index (χ3n) is 12.4. The molecule has 1 aliphatic rings. The average molecular weight is 1050 g/mol. The predicted octanol–water partition coefficient (Wildman–Crippen LogP) is 15.6. The molecule has 0 bridgehead atoms. The Bertz CT molecular complexity index is 3940. The fraction of sp³-hybridized carbons (Fsp3) is 0.130. The zero-order valence-electron chi connectivity index (χ0n) is 40.5. The van der Waals surface area contributed by atoms with Crippen molar-refractivity contribution in [2.45, 2.75) is 47.9 Å². The molecule has 1 aliphatic carbocycles. The maximum absolute atomic E-state index is 12.1. The molecule has 0 saturated heterocycles. The van der Waals surface area contributed by atoms with E-state index in [1.807, 2.05) is 98.0 Å². The first-order valence-corrected chi connectivity index (χ1v) is 26.8. The molecule has 0 unspecified atom stereocenters. The van der Waals surface area contributed by atoms with Gasteiger partial charge in [-0.25, -0.2) is 0 Å². The lowest BCUT2D eigenvalue weighted by Crippen LogP contribution is -2.34. The van der Waals surface area contributed by atoms with Gasteiger partial charge < -0.3 is 15.5 Å². The van der Waals surface area contributed by atoms with Gasteiger partial charge in [0, 0.05) is 46.0 Å². The third kappa shape index (κ3) is 12.3. The summed E-state index contributed by atoms with van der Waals surface area (Å²) in [6, 6.07) is 48.3. The Balaban J connectivity index is 0.854. The van der Waals surface area contributed by atoms with E-state index in [0.717, 1.165) is 53.5 Å². The molecule has 1 saturated carbocycles. The highest BCUT2D eigenvalue weighted by Crippen LogP contribution is 2.38. The molecule has 76 heavy (non-hydrogen) atoms. The molecule has 0 aliphatic heterocycles. The van der Waals surface area contributed by atoms with Crippen LogP contribution in [0.2, 0.25) is 0 Å². The molecule has 9 aromatic rings. The van der Waals surface area contributed by atoms with E-state index in [-0.39, 0.29) is 27.2 Å². The van der Waals surface area contributed by atoms with E-state index >= 15 is 0 Å². The first kappa shape index (κ1) is 50.4. The summed E-state index contributed by atoms with van der Waals surface area (Å²) in [7, 11) is -6.98. The van der Waals surface area contributed by atoms with Gasteiger partial charge >= 0.3 is 0 Å². The van der Waals surface area contributed by atoms with E-state index in [1.165, 1.54) is 48.9 Å². The van der Waals surface area contributed by atoms with E-state index in [1.54, 1.807) is 36.4 Å². The highest BCUT2D eigenvalue weighted by molar-refractivity contribution is 7.86. The van der Waals surface area contributed by atoms with Crippen LogP contribution in [0.5, 0.6) is 0 Å². The van der Waals surface area contributed by atoms with Crippen molar-refractivity contribution in [1.82, 2.24) is 15.0 Å². The molecule has 22 heteroatoms. The standard InChI is InChI=1S/C54H46N14O6S2/c1-68(41-12-6-3-7-13-41)54-58-52(55-35-16-20-38(21-17-35)61-65-49-31-30-48(44-14-8-9-15-45(44)49)64-60-37-10-4-2-5-11-37)57-53(59-54)56-36-18-22-39(23-19-36)62-66-50-32-33-51(47-34-43(76(72,73)74)28-29-46(47)50)67-63-40-24-26-42(27-25-40)75(69,70)71/h2,4-5,8-11,14-34,41H,3,6-7,12-13H2,1H3,(H,69,70,71)(H,72,73,74)(H2,55,56,57,58,59). The van der Waals surface area contributed by atoms with Crippen LogP contribution < -0.4 is 15.5 Å². The van der Waals surface area contributed by atoms with Crippen LogP contribution in [0.25, 0.3) is 21.5 Å². The van der Waals surface area contributed by atoms with E-state index in [9.17, 15) is 25.9 Å². The van der Waals surface area contributed by atoms with Gasteiger partial charge in [0.05, 0.1) is 55.3 Å². The molecule has 0 amide bonds. The molecule has 4 N–H and O–H groups in total. The van der Waals surface area contributed by atoms with Gasteiger partial charge in [0.1, 0.15) is 0 Å².